The second-order valence-electron chi connectivity index (χ2n) is 5.47. The van der Waals surface area contributed by atoms with Crippen LogP contribution in [0.2, 0.25) is 5.02 Å². The van der Waals surface area contributed by atoms with Crippen molar-refractivity contribution in [3.8, 4) is 0 Å². The summed E-state index contributed by atoms with van der Waals surface area (Å²) in [5.41, 5.74) is 1.93. The van der Waals surface area contributed by atoms with E-state index in [9.17, 15) is 4.79 Å². The molecule has 1 saturated heterocycles. The molecule has 1 N–H and O–H groups in total. The number of halogens is 1. The minimum absolute atomic E-state index is 0.0589. The normalized spacial score (nSPS) is 15.6. The van der Waals surface area contributed by atoms with Gasteiger partial charge in [-0.1, -0.05) is 17.7 Å². The van der Waals surface area contributed by atoms with Crippen molar-refractivity contribution >= 4 is 28.9 Å². The van der Waals surface area contributed by atoms with Gasteiger partial charge in [0.2, 0.25) is 5.91 Å². The van der Waals surface area contributed by atoms with E-state index in [1.165, 1.54) is 0 Å². The van der Waals surface area contributed by atoms with Gasteiger partial charge in [0, 0.05) is 47.8 Å². The van der Waals surface area contributed by atoms with Crippen molar-refractivity contribution in [2.75, 3.05) is 23.3 Å². The highest BCUT2D eigenvalue weighted by atomic mass is 35.5. The lowest BCUT2D eigenvalue weighted by atomic mass is 9.95. The highest BCUT2D eigenvalue weighted by Gasteiger charge is 2.25. The predicted octanol–water partition coefficient (Wildman–Crippen LogP) is 3.59. The zero-order valence-corrected chi connectivity index (χ0v) is 13.0. The lowest BCUT2D eigenvalue weighted by Crippen LogP contribution is -2.38. The summed E-state index contributed by atoms with van der Waals surface area (Å²) in [7, 11) is 0. The number of rotatable bonds is 3. The summed E-state index contributed by atoms with van der Waals surface area (Å²) in [6.45, 7) is 1.74. The van der Waals surface area contributed by atoms with E-state index in [4.69, 9.17) is 11.6 Å². The summed E-state index contributed by atoms with van der Waals surface area (Å²) in [4.78, 5) is 18.5. The Balaban J connectivity index is 1.56. The van der Waals surface area contributed by atoms with Crippen LogP contribution in [0.15, 0.2) is 48.8 Å². The molecule has 0 aliphatic carbocycles. The van der Waals surface area contributed by atoms with Crippen molar-refractivity contribution in [2.24, 2.45) is 5.92 Å². The summed E-state index contributed by atoms with van der Waals surface area (Å²) in [5, 5.41) is 3.70. The number of carbonyl (C=O) groups excluding carboxylic acids is 1. The van der Waals surface area contributed by atoms with E-state index < -0.39 is 0 Å². The molecular weight excluding hydrogens is 298 g/mol. The Bertz CT molecular complexity index is 639. The fourth-order valence-electron chi connectivity index (χ4n) is 2.75. The number of piperidine rings is 1. The van der Waals surface area contributed by atoms with Gasteiger partial charge in [0.15, 0.2) is 0 Å². The Morgan fingerprint density at radius 2 is 1.91 bits per heavy atom. The quantitative estimate of drug-likeness (QED) is 0.941. The molecular formula is C17H18ClN3O. The molecule has 0 unspecified atom stereocenters. The Kier molecular flexibility index (Phi) is 4.59. The molecule has 1 aromatic carbocycles. The SMILES string of the molecule is O=C(Nc1ccncc1)C1CCN(c2cccc(Cl)c2)CC1. The molecule has 0 spiro atoms. The number of nitrogens with zero attached hydrogens (tertiary/aromatic N) is 2. The van der Waals surface area contributed by atoms with Crippen LogP contribution in [0.1, 0.15) is 12.8 Å². The van der Waals surface area contributed by atoms with Gasteiger partial charge in [-0.2, -0.15) is 0 Å². The number of carbonyl (C=O) groups is 1. The molecule has 1 fully saturated rings. The topological polar surface area (TPSA) is 45.2 Å². The Labute approximate surface area is 135 Å². The molecule has 1 amide bonds. The van der Waals surface area contributed by atoms with Crippen molar-refractivity contribution in [2.45, 2.75) is 12.8 Å². The minimum Gasteiger partial charge on any atom is -0.371 e. The van der Waals surface area contributed by atoms with Crippen LogP contribution in [0.25, 0.3) is 0 Å². The summed E-state index contributed by atoms with van der Waals surface area (Å²) < 4.78 is 0. The molecule has 0 bridgehead atoms. The Morgan fingerprint density at radius 3 is 2.59 bits per heavy atom. The molecule has 2 heterocycles. The monoisotopic (exact) mass is 315 g/mol. The highest BCUT2D eigenvalue weighted by Crippen LogP contribution is 2.26. The van der Waals surface area contributed by atoms with Gasteiger partial charge in [-0.05, 0) is 43.2 Å². The van der Waals surface area contributed by atoms with Gasteiger partial charge in [-0.25, -0.2) is 0 Å². The van der Waals surface area contributed by atoms with Gasteiger partial charge in [-0.3, -0.25) is 9.78 Å². The lowest BCUT2D eigenvalue weighted by molar-refractivity contribution is -0.120. The number of hydrogen-bond donors (Lipinski definition) is 1. The van der Waals surface area contributed by atoms with Crippen molar-refractivity contribution in [1.29, 1.82) is 0 Å². The van der Waals surface area contributed by atoms with Gasteiger partial charge in [0.1, 0.15) is 0 Å². The van der Waals surface area contributed by atoms with Gasteiger partial charge >= 0.3 is 0 Å². The van der Waals surface area contributed by atoms with E-state index in [0.717, 1.165) is 42.3 Å². The molecule has 0 atom stereocenters. The van der Waals surface area contributed by atoms with Crippen molar-refractivity contribution in [1.82, 2.24) is 4.98 Å². The number of amides is 1. The molecule has 22 heavy (non-hydrogen) atoms. The zero-order valence-electron chi connectivity index (χ0n) is 12.2. The molecule has 0 radical (unpaired) electrons. The summed E-state index contributed by atoms with van der Waals surface area (Å²) in [6.07, 6.45) is 5.06. The van der Waals surface area contributed by atoms with Crippen LogP contribution in [0.3, 0.4) is 0 Å². The number of hydrogen-bond acceptors (Lipinski definition) is 3. The van der Waals surface area contributed by atoms with Crippen molar-refractivity contribution in [3.05, 3.63) is 53.8 Å². The van der Waals surface area contributed by atoms with E-state index in [0.29, 0.717) is 0 Å². The first-order valence-electron chi connectivity index (χ1n) is 7.44. The number of benzene rings is 1. The second kappa shape index (κ2) is 6.79. The molecule has 0 saturated carbocycles. The Morgan fingerprint density at radius 1 is 1.18 bits per heavy atom. The fourth-order valence-corrected chi connectivity index (χ4v) is 2.94. The summed E-state index contributed by atoms with van der Waals surface area (Å²) >= 11 is 6.04. The third kappa shape index (κ3) is 3.57. The molecule has 1 aromatic heterocycles. The number of aromatic nitrogens is 1. The number of pyridine rings is 1. The first-order valence-corrected chi connectivity index (χ1v) is 7.81. The van der Waals surface area contributed by atoms with Gasteiger partial charge in [0.05, 0.1) is 0 Å². The Hall–Kier alpha value is -2.07. The second-order valence-corrected chi connectivity index (χ2v) is 5.90. The lowest BCUT2D eigenvalue weighted by Gasteiger charge is -2.33. The maximum Gasteiger partial charge on any atom is 0.227 e. The maximum absolute atomic E-state index is 12.3. The molecule has 2 aromatic rings. The van der Waals surface area contributed by atoms with Crippen LogP contribution in [-0.2, 0) is 4.79 Å². The van der Waals surface area contributed by atoms with E-state index in [1.807, 2.05) is 18.2 Å². The smallest absolute Gasteiger partial charge is 0.227 e. The molecule has 5 heteroatoms. The first kappa shape index (κ1) is 14.9. The van der Waals surface area contributed by atoms with Crippen LogP contribution >= 0.6 is 11.6 Å². The fraction of sp³-hybridized carbons (Fsp3) is 0.294. The molecule has 1 aliphatic heterocycles. The van der Waals surface area contributed by atoms with E-state index in [-0.39, 0.29) is 11.8 Å². The summed E-state index contributed by atoms with van der Waals surface area (Å²) in [5.74, 6) is 0.153. The number of nitrogens with one attached hydrogen (secondary N) is 1. The molecule has 114 valence electrons. The average molecular weight is 316 g/mol. The largest absolute Gasteiger partial charge is 0.371 e. The number of anilines is 2. The van der Waals surface area contributed by atoms with Crippen molar-refractivity contribution in [3.63, 3.8) is 0 Å². The minimum atomic E-state index is 0.0589. The predicted molar refractivity (Wildman–Crippen MR) is 89.3 cm³/mol. The third-order valence-electron chi connectivity index (χ3n) is 3.99. The van der Waals surface area contributed by atoms with Crippen LogP contribution < -0.4 is 10.2 Å². The van der Waals surface area contributed by atoms with Gasteiger partial charge in [0.25, 0.3) is 0 Å². The van der Waals surface area contributed by atoms with E-state index >= 15 is 0 Å². The zero-order chi connectivity index (χ0) is 15.4. The third-order valence-corrected chi connectivity index (χ3v) is 4.22. The standard InChI is InChI=1S/C17H18ClN3O/c18-14-2-1-3-16(12-14)21-10-6-13(7-11-21)17(22)20-15-4-8-19-9-5-15/h1-5,8-9,12-13H,6-7,10-11H2,(H,19,20,22). The van der Waals surface area contributed by atoms with Crippen LogP contribution in [0, 0.1) is 5.92 Å². The van der Waals surface area contributed by atoms with Crippen LogP contribution in [0.4, 0.5) is 11.4 Å². The average Bonchev–Trinajstić information content (AvgIpc) is 2.56. The molecule has 3 rings (SSSR count). The molecule has 1 aliphatic rings. The first-order chi connectivity index (χ1) is 10.7. The van der Waals surface area contributed by atoms with Crippen molar-refractivity contribution < 1.29 is 4.79 Å². The molecule has 4 nitrogen and oxygen atoms in total. The highest BCUT2D eigenvalue weighted by molar-refractivity contribution is 6.30. The van der Waals surface area contributed by atoms with E-state index in [2.05, 4.69) is 21.3 Å². The van der Waals surface area contributed by atoms with Gasteiger partial charge < -0.3 is 10.2 Å². The van der Waals surface area contributed by atoms with Crippen LogP contribution in [0.5, 0.6) is 0 Å². The van der Waals surface area contributed by atoms with Gasteiger partial charge in [-0.15, -0.1) is 0 Å². The van der Waals surface area contributed by atoms with Crippen LogP contribution in [-0.4, -0.2) is 24.0 Å². The van der Waals surface area contributed by atoms with E-state index in [1.54, 1.807) is 24.5 Å². The maximum atomic E-state index is 12.3. The summed E-state index contributed by atoms with van der Waals surface area (Å²) in [6, 6.07) is 11.5.